The van der Waals surface area contributed by atoms with E-state index < -0.39 is 0 Å². The lowest BCUT2D eigenvalue weighted by Crippen LogP contribution is -1.98. The summed E-state index contributed by atoms with van der Waals surface area (Å²) < 4.78 is 0. The molecule has 0 bridgehead atoms. The maximum Gasteiger partial charge on any atom is 0.138 e. The van der Waals surface area contributed by atoms with Crippen LogP contribution in [0.5, 0.6) is 0 Å². The predicted molar refractivity (Wildman–Crippen MR) is 65.7 cm³/mol. The normalized spacial score (nSPS) is 10.9. The Morgan fingerprint density at radius 1 is 1.27 bits per heavy atom. The fourth-order valence-electron chi connectivity index (χ4n) is 1.54. The first-order valence-electron chi connectivity index (χ1n) is 5.25. The van der Waals surface area contributed by atoms with Crippen molar-refractivity contribution in [3.8, 4) is 0 Å². The minimum Gasteiger partial charge on any atom is -0.372 e. The van der Waals surface area contributed by atoms with Crippen LogP contribution in [0.25, 0.3) is 10.2 Å². The monoisotopic (exact) mass is 221 g/mol. The van der Waals surface area contributed by atoms with Gasteiger partial charge in [-0.2, -0.15) is 0 Å². The summed E-state index contributed by atoms with van der Waals surface area (Å²) in [5.74, 6) is 1.86. The second kappa shape index (κ2) is 4.14. The minimum absolute atomic E-state index is 0.879. The number of fused-ring (bicyclic) bond motifs is 1. The highest BCUT2D eigenvalue weighted by Gasteiger charge is 2.09. The Hall–Kier alpha value is -1.16. The Morgan fingerprint density at radius 3 is 2.67 bits per heavy atom. The molecule has 1 N–H and O–H groups in total. The topological polar surface area (TPSA) is 37.8 Å². The Morgan fingerprint density at radius 2 is 2.07 bits per heavy atom. The molecule has 0 radical (unpaired) electrons. The lowest BCUT2D eigenvalue weighted by molar-refractivity contribution is 0.965. The lowest BCUT2D eigenvalue weighted by Gasteiger charge is -2.02. The van der Waals surface area contributed by atoms with Gasteiger partial charge in [0.15, 0.2) is 0 Å². The SMILES string of the molecule is CCc1nc(NC)c2cc(CC)sc2n1. The molecule has 0 aliphatic rings. The maximum absolute atomic E-state index is 4.54. The number of hydrogen-bond donors (Lipinski definition) is 1. The number of anilines is 1. The van der Waals surface area contributed by atoms with Crippen LogP contribution in [0.1, 0.15) is 24.5 Å². The van der Waals surface area contributed by atoms with Crippen LogP contribution in [0.3, 0.4) is 0 Å². The second-order valence-corrected chi connectivity index (χ2v) is 4.49. The molecule has 0 amide bonds. The average Bonchev–Trinajstić information content (AvgIpc) is 2.70. The molecule has 0 atom stereocenters. The van der Waals surface area contributed by atoms with Crippen LogP contribution in [-0.2, 0) is 12.8 Å². The van der Waals surface area contributed by atoms with Crippen molar-refractivity contribution in [2.24, 2.45) is 0 Å². The average molecular weight is 221 g/mol. The summed E-state index contributed by atoms with van der Waals surface area (Å²) in [7, 11) is 1.91. The Balaban J connectivity index is 2.66. The van der Waals surface area contributed by atoms with Crippen molar-refractivity contribution in [2.45, 2.75) is 26.7 Å². The van der Waals surface area contributed by atoms with Crippen molar-refractivity contribution in [1.29, 1.82) is 0 Å². The van der Waals surface area contributed by atoms with E-state index in [0.717, 1.165) is 34.7 Å². The third-order valence-electron chi connectivity index (χ3n) is 2.39. The Kier molecular flexibility index (Phi) is 2.86. The summed E-state index contributed by atoms with van der Waals surface area (Å²) in [4.78, 5) is 11.5. The number of aromatic nitrogens is 2. The molecule has 3 nitrogen and oxygen atoms in total. The van der Waals surface area contributed by atoms with E-state index in [2.05, 4.69) is 35.2 Å². The molecule has 0 saturated heterocycles. The van der Waals surface area contributed by atoms with Gasteiger partial charge in [0.1, 0.15) is 16.5 Å². The van der Waals surface area contributed by atoms with E-state index in [1.54, 1.807) is 11.3 Å². The lowest BCUT2D eigenvalue weighted by atomic mass is 10.3. The quantitative estimate of drug-likeness (QED) is 0.866. The van der Waals surface area contributed by atoms with Crippen molar-refractivity contribution in [3.63, 3.8) is 0 Å². The molecule has 80 valence electrons. The molecule has 0 aliphatic heterocycles. The summed E-state index contributed by atoms with van der Waals surface area (Å²) in [6.07, 6.45) is 1.94. The molecule has 15 heavy (non-hydrogen) atoms. The molecule has 4 heteroatoms. The van der Waals surface area contributed by atoms with E-state index in [-0.39, 0.29) is 0 Å². The molecular weight excluding hydrogens is 206 g/mol. The highest BCUT2D eigenvalue weighted by Crippen LogP contribution is 2.29. The zero-order chi connectivity index (χ0) is 10.8. The van der Waals surface area contributed by atoms with Gasteiger partial charge in [0.2, 0.25) is 0 Å². The van der Waals surface area contributed by atoms with Gasteiger partial charge in [-0.15, -0.1) is 11.3 Å². The summed E-state index contributed by atoms with van der Waals surface area (Å²) in [5, 5.41) is 4.29. The molecular formula is C11H15N3S. The van der Waals surface area contributed by atoms with Crippen LogP contribution >= 0.6 is 11.3 Å². The fourth-order valence-corrected chi connectivity index (χ4v) is 2.52. The number of rotatable bonds is 3. The van der Waals surface area contributed by atoms with Crippen LogP contribution in [0.2, 0.25) is 0 Å². The van der Waals surface area contributed by atoms with Crippen LogP contribution in [0.15, 0.2) is 6.07 Å². The summed E-state index contributed by atoms with van der Waals surface area (Å²) in [6.45, 7) is 4.24. The van der Waals surface area contributed by atoms with E-state index in [1.807, 2.05) is 7.05 Å². The third kappa shape index (κ3) is 1.81. The first-order valence-corrected chi connectivity index (χ1v) is 6.07. The van der Waals surface area contributed by atoms with Crippen molar-refractivity contribution >= 4 is 27.4 Å². The summed E-state index contributed by atoms with van der Waals surface area (Å²) >= 11 is 1.77. The van der Waals surface area contributed by atoms with Crippen molar-refractivity contribution in [1.82, 2.24) is 9.97 Å². The van der Waals surface area contributed by atoms with Crippen LogP contribution in [-0.4, -0.2) is 17.0 Å². The van der Waals surface area contributed by atoms with Gasteiger partial charge in [0, 0.05) is 18.3 Å². The number of nitrogens with one attached hydrogen (secondary N) is 1. The van der Waals surface area contributed by atoms with Gasteiger partial charge in [-0.1, -0.05) is 13.8 Å². The minimum atomic E-state index is 0.879. The number of aryl methyl sites for hydroxylation is 2. The first-order chi connectivity index (χ1) is 7.28. The molecule has 2 heterocycles. The van der Waals surface area contributed by atoms with E-state index >= 15 is 0 Å². The molecule has 0 aliphatic carbocycles. The molecule has 2 rings (SSSR count). The van der Waals surface area contributed by atoms with Crippen LogP contribution < -0.4 is 5.32 Å². The fraction of sp³-hybridized carbons (Fsp3) is 0.455. The zero-order valence-electron chi connectivity index (χ0n) is 9.29. The second-order valence-electron chi connectivity index (χ2n) is 3.38. The van der Waals surface area contributed by atoms with E-state index in [9.17, 15) is 0 Å². The highest BCUT2D eigenvalue weighted by atomic mass is 32.1. The van der Waals surface area contributed by atoms with E-state index in [1.165, 1.54) is 4.88 Å². The first kappa shape index (κ1) is 10.4. The summed E-state index contributed by atoms with van der Waals surface area (Å²) in [5.41, 5.74) is 0. The summed E-state index contributed by atoms with van der Waals surface area (Å²) in [6, 6.07) is 2.19. The zero-order valence-corrected chi connectivity index (χ0v) is 10.1. The Bertz CT molecular complexity index is 476. The molecule has 0 spiro atoms. The standard InChI is InChI=1S/C11H15N3S/c1-4-7-6-8-10(12-3)13-9(5-2)14-11(8)15-7/h6H,4-5H2,1-3H3,(H,12,13,14). The molecule has 0 saturated carbocycles. The van der Waals surface area contributed by atoms with Crippen molar-refractivity contribution in [3.05, 3.63) is 16.8 Å². The van der Waals surface area contributed by atoms with Gasteiger partial charge in [-0.3, -0.25) is 0 Å². The van der Waals surface area contributed by atoms with Gasteiger partial charge in [0.25, 0.3) is 0 Å². The number of hydrogen-bond acceptors (Lipinski definition) is 4. The van der Waals surface area contributed by atoms with Gasteiger partial charge in [-0.25, -0.2) is 9.97 Å². The third-order valence-corrected chi connectivity index (χ3v) is 3.56. The molecule has 2 aromatic rings. The molecule has 2 aromatic heterocycles. The smallest absolute Gasteiger partial charge is 0.138 e. The van der Waals surface area contributed by atoms with E-state index in [4.69, 9.17) is 0 Å². The molecule has 0 fully saturated rings. The highest BCUT2D eigenvalue weighted by molar-refractivity contribution is 7.18. The molecule has 0 unspecified atom stereocenters. The van der Waals surface area contributed by atoms with Gasteiger partial charge in [-0.05, 0) is 12.5 Å². The largest absolute Gasteiger partial charge is 0.372 e. The number of thiophene rings is 1. The number of nitrogens with zero attached hydrogens (tertiary/aromatic N) is 2. The van der Waals surface area contributed by atoms with Gasteiger partial charge < -0.3 is 5.32 Å². The van der Waals surface area contributed by atoms with Gasteiger partial charge >= 0.3 is 0 Å². The van der Waals surface area contributed by atoms with Gasteiger partial charge in [0.05, 0.1) is 5.39 Å². The molecule has 0 aromatic carbocycles. The predicted octanol–water partition coefficient (Wildman–Crippen LogP) is 2.86. The van der Waals surface area contributed by atoms with Crippen LogP contribution in [0.4, 0.5) is 5.82 Å². The van der Waals surface area contributed by atoms with Crippen LogP contribution in [0, 0.1) is 0 Å². The van der Waals surface area contributed by atoms with Crippen molar-refractivity contribution in [2.75, 3.05) is 12.4 Å². The Labute approximate surface area is 93.6 Å². The maximum atomic E-state index is 4.54. The van der Waals surface area contributed by atoms with Crippen molar-refractivity contribution < 1.29 is 0 Å². The van der Waals surface area contributed by atoms with E-state index in [0.29, 0.717) is 0 Å².